The van der Waals surface area contributed by atoms with Crippen molar-refractivity contribution in [3.8, 4) is 0 Å². The molecule has 1 aliphatic rings. The second kappa shape index (κ2) is 6.93. The second-order valence-corrected chi connectivity index (χ2v) is 4.95. The first kappa shape index (κ1) is 14.4. The summed E-state index contributed by atoms with van der Waals surface area (Å²) >= 11 is 0. The predicted octanol–water partition coefficient (Wildman–Crippen LogP) is -0.110. The molecule has 1 rings (SSSR count). The summed E-state index contributed by atoms with van der Waals surface area (Å²) in [6.07, 6.45) is 2.25. The van der Waals surface area contributed by atoms with E-state index >= 15 is 0 Å². The average Bonchev–Trinajstić information content (AvgIpc) is 2.30. The van der Waals surface area contributed by atoms with E-state index < -0.39 is 0 Å². The smallest absolute Gasteiger partial charge is 0.226 e. The molecule has 0 saturated carbocycles. The molecule has 0 bridgehead atoms. The van der Waals surface area contributed by atoms with Crippen molar-refractivity contribution in [2.45, 2.75) is 32.2 Å². The van der Waals surface area contributed by atoms with E-state index in [1.165, 1.54) is 0 Å². The van der Waals surface area contributed by atoms with E-state index in [0.717, 1.165) is 25.9 Å². The Morgan fingerprint density at radius 3 is 2.71 bits per heavy atom. The summed E-state index contributed by atoms with van der Waals surface area (Å²) in [5, 5.41) is 15.2. The summed E-state index contributed by atoms with van der Waals surface area (Å²) in [4.78, 5) is 12.2. The topological polar surface area (TPSA) is 70.6 Å². The van der Waals surface area contributed by atoms with Gasteiger partial charge in [0.15, 0.2) is 0 Å². The molecule has 5 heteroatoms. The van der Waals surface area contributed by atoms with E-state index in [1.54, 1.807) is 7.11 Å². The summed E-state index contributed by atoms with van der Waals surface area (Å²) in [6.45, 7) is 4.29. The highest BCUT2D eigenvalue weighted by Crippen LogP contribution is 2.28. The lowest BCUT2D eigenvalue weighted by molar-refractivity contribution is -0.132. The molecule has 1 atom stereocenters. The molecule has 17 heavy (non-hydrogen) atoms. The normalized spacial score (nSPS) is 20.9. The van der Waals surface area contributed by atoms with Crippen molar-refractivity contribution < 1.29 is 14.6 Å². The van der Waals surface area contributed by atoms with Gasteiger partial charge in [-0.2, -0.15) is 0 Å². The van der Waals surface area contributed by atoms with Crippen LogP contribution in [0.3, 0.4) is 0 Å². The minimum absolute atomic E-state index is 0.0621. The molecule has 0 aromatic rings. The molecule has 100 valence electrons. The quantitative estimate of drug-likeness (QED) is 0.610. The highest BCUT2D eigenvalue weighted by atomic mass is 16.5. The van der Waals surface area contributed by atoms with E-state index in [0.29, 0.717) is 13.0 Å². The van der Waals surface area contributed by atoms with Gasteiger partial charge in [0.1, 0.15) is 0 Å². The Hall–Kier alpha value is -0.650. The zero-order chi connectivity index (χ0) is 12.7. The fraction of sp³-hybridized carbons (Fsp3) is 0.917. The number of hydrogen-bond acceptors (Lipinski definition) is 4. The highest BCUT2D eigenvalue weighted by Gasteiger charge is 2.35. The lowest BCUT2D eigenvalue weighted by atomic mass is 9.80. The number of aliphatic hydroxyl groups excluding tert-OH is 1. The van der Waals surface area contributed by atoms with Crippen molar-refractivity contribution in [3.63, 3.8) is 0 Å². The highest BCUT2D eigenvalue weighted by molar-refractivity contribution is 5.82. The van der Waals surface area contributed by atoms with E-state index in [4.69, 9.17) is 9.84 Å². The molecule has 1 unspecified atom stereocenters. The first-order chi connectivity index (χ1) is 8.12. The standard InChI is InChI=1S/C12H24N2O3/c1-12(4-6-13-7-5-12)11(16)14-10(3-8-15)9-17-2/h10,13,15H,3-9H2,1-2H3,(H,14,16). The van der Waals surface area contributed by atoms with Crippen molar-refractivity contribution in [2.75, 3.05) is 33.4 Å². The van der Waals surface area contributed by atoms with Crippen LogP contribution in [0.15, 0.2) is 0 Å². The third kappa shape index (κ3) is 4.26. The molecule has 0 radical (unpaired) electrons. The molecule has 0 aromatic heterocycles. The Morgan fingerprint density at radius 2 is 2.18 bits per heavy atom. The Balaban J connectivity index is 2.49. The van der Waals surface area contributed by atoms with Gasteiger partial charge in [-0.25, -0.2) is 0 Å². The summed E-state index contributed by atoms with van der Waals surface area (Å²) < 4.78 is 5.04. The lowest BCUT2D eigenvalue weighted by Gasteiger charge is -2.34. The van der Waals surface area contributed by atoms with Crippen molar-refractivity contribution >= 4 is 5.91 Å². The molecular weight excluding hydrogens is 220 g/mol. The number of nitrogens with one attached hydrogen (secondary N) is 2. The number of aliphatic hydroxyl groups is 1. The maximum Gasteiger partial charge on any atom is 0.226 e. The Kier molecular flexibility index (Phi) is 5.88. The number of methoxy groups -OCH3 is 1. The van der Waals surface area contributed by atoms with Gasteiger partial charge >= 0.3 is 0 Å². The van der Waals surface area contributed by atoms with E-state index in [9.17, 15) is 4.79 Å². The van der Waals surface area contributed by atoms with Crippen molar-refractivity contribution in [3.05, 3.63) is 0 Å². The third-order valence-electron chi connectivity index (χ3n) is 3.44. The van der Waals surface area contributed by atoms with Gasteiger partial charge in [0.25, 0.3) is 0 Å². The summed E-state index contributed by atoms with van der Waals surface area (Å²) in [6, 6.07) is -0.0933. The summed E-state index contributed by atoms with van der Waals surface area (Å²) in [5.41, 5.74) is -0.285. The summed E-state index contributed by atoms with van der Waals surface area (Å²) in [5.74, 6) is 0.0782. The average molecular weight is 244 g/mol. The molecule has 1 heterocycles. The van der Waals surface area contributed by atoms with Crippen LogP contribution in [-0.2, 0) is 9.53 Å². The predicted molar refractivity (Wildman–Crippen MR) is 65.7 cm³/mol. The van der Waals surface area contributed by atoms with Gasteiger partial charge < -0.3 is 20.5 Å². The van der Waals surface area contributed by atoms with Crippen LogP contribution in [0, 0.1) is 5.41 Å². The largest absolute Gasteiger partial charge is 0.396 e. The lowest BCUT2D eigenvalue weighted by Crippen LogP contribution is -2.50. The molecule has 0 spiro atoms. The van der Waals surface area contributed by atoms with Gasteiger partial charge in [-0.05, 0) is 32.4 Å². The minimum atomic E-state index is -0.285. The zero-order valence-corrected chi connectivity index (χ0v) is 10.8. The van der Waals surface area contributed by atoms with E-state index in [2.05, 4.69) is 10.6 Å². The van der Waals surface area contributed by atoms with Crippen LogP contribution in [0.5, 0.6) is 0 Å². The Morgan fingerprint density at radius 1 is 1.53 bits per heavy atom. The monoisotopic (exact) mass is 244 g/mol. The Labute approximate surface area is 103 Å². The number of piperidine rings is 1. The van der Waals surface area contributed by atoms with Crippen molar-refractivity contribution in [1.82, 2.24) is 10.6 Å². The van der Waals surface area contributed by atoms with Gasteiger partial charge in [0.05, 0.1) is 12.6 Å². The van der Waals surface area contributed by atoms with Crippen LogP contribution in [0.1, 0.15) is 26.2 Å². The van der Waals surface area contributed by atoms with E-state index in [1.807, 2.05) is 6.92 Å². The first-order valence-corrected chi connectivity index (χ1v) is 6.24. The number of carbonyl (C=O) groups is 1. The molecule has 3 N–H and O–H groups in total. The molecule has 0 aromatic carbocycles. The van der Waals surface area contributed by atoms with Gasteiger partial charge in [-0.1, -0.05) is 6.92 Å². The van der Waals surface area contributed by atoms with Gasteiger partial charge in [0.2, 0.25) is 5.91 Å². The van der Waals surface area contributed by atoms with Gasteiger partial charge in [0, 0.05) is 19.1 Å². The maximum absolute atomic E-state index is 12.2. The van der Waals surface area contributed by atoms with Crippen LogP contribution in [-0.4, -0.2) is 50.5 Å². The Bertz CT molecular complexity index is 234. The molecule has 1 fully saturated rings. The number of ether oxygens (including phenoxy) is 1. The van der Waals surface area contributed by atoms with Crippen LogP contribution >= 0.6 is 0 Å². The second-order valence-electron chi connectivity index (χ2n) is 4.95. The molecule has 5 nitrogen and oxygen atoms in total. The number of hydrogen-bond donors (Lipinski definition) is 3. The minimum Gasteiger partial charge on any atom is -0.396 e. The van der Waals surface area contributed by atoms with Crippen LogP contribution in [0.2, 0.25) is 0 Å². The number of carbonyl (C=O) groups excluding carboxylic acids is 1. The van der Waals surface area contributed by atoms with E-state index in [-0.39, 0.29) is 24.0 Å². The summed E-state index contributed by atoms with van der Waals surface area (Å²) in [7, 11) is 1.60. The third-order valence-corrected chi connectivity index (χ3v) is 3.44. The van der Waals surface area contributed by atoms with Crippen LogP contribution in [0.25, 0.3) is 0 Å². The fourth-order valence-electron chi connectivity index (χ4n) is 2.12. The van der Waals surface area contributed by atoms with Crippen LogP contribution < -0.4 is 10.6 Å². The zero-order valence-electron chi connectivity index (χ0n) is 10.8. The number of rotatable bonds is 6. The number of amides is 1. The molecule has 1 amide bonds. The van der Waals surface area contributed by atoms with Crippen molar-refractivity contribution in [1.29, 1.82) is 0 Å². The maximum atomic E-state index is 12.2. The van der Waals surface area contributed by atoms with Crippen molar-refractivity contribution in [2.24, 2.45) is 5.41 Å². The van der Waals surface area contributed by atoms with Crippen LogP contribution in [0.4, 0.5) is 0 Å². The first-order valence-electron chi connectivity index (χ1n) is 6.24. The molecule has 0 aliphatic carbocycles. The van der Waals surface area contributed by atoms with Gasteiger partial charge in [-0.15, -0.1) is 0 Å². The van der Waals surface area contributed by atoms with Gasteiger partial charge in [-0.3, -0.25) is 4.79 Å². The molecule has 1 aliphatic heterocycles. The molecular formula is C12H24N2O3. The SMILES string of the molecule is COCC(CCO)NC(=O)C1(C)CCNCC1. The fourth-order valence-corrected chi connectivity index (χ4v) is 2.12. The molecule has 1 saturated heterocycles.